The van der Waals surface area contributed by atoms with Crippen LogP contribution in [0.5, 0.6) is 0 Å². The van der Waals surface area contributed by atoms with Gasteiger partial charge >= 0.3 is 0 Å². The van der Waals surface area contributed by atoms with Crippen molar-refractivity contribution in [3.63, 3.8) is 0 Å². The Kier molecular flexibility index (Phi) is 6.94. The van der Waals surface area contributed by atoms with Crippen LogP contribution in [0.15, 0.2) is 104 Å². The van der Waals surface area contributed by atoms with Gasteiger partial charge in [0.2, 0.25) is 0 Å². The maximum absolute atomic E-state index is 13.3. The van der Waals surface area contributed by atoms with Crippen molar-refractivity contribution in [1.82, 2.24) is 19.5 Å². The molecule has 2 bridgehead atoms. The number of benzene rings is 3. The van der Waals surface area contributed by atoms with Gasteiger partial charge in [-0.2, -0.15) is 0 Å². The minimum absolute atomic E-state index is 0.191. The van der Waals surface area contributed by atoms with Gasteiger partial charge in [0, 0.05) is 12.6 Å². The van der Waals surface area contributed by atoms with Crippen LogP contribution in [0.3, 0.4) is 0 Å². The molecular formula is C35H33N5O5. The van der Waals surface area contributed by atoms with Crippen LogP contribution in [0.1, 0.15) is 40.6 Å². The van der Waals surface area contributed by atoms with Gasteiger partial charge in [0.25, 0.3) is 5.91 Å². The SMILES string of the molecule is CN(C(=O)c1ccccc1)c1ncnc2c1ncn2C1O[C@@]2(COCc3ccccc3)C(OCc3ccccc3)C1OC21CC1. The summed E-state index contributed by atoms with van der Waals surface area (Å²) in [6.07, 6.45) is 3.51. The molecule has 5 aromatic rings. The highest BCUT2D eigenvalue weighted by Crippen LogP contribution is 2.65. The predicted molar refractivity (Wildman–Crippen MR) is 165 cm³/mol. The van der Waals surface area contributed by atoms with E-state index in [0.717, 1.165) is 24.0 Å². The number of rotatable bonds is 10. The highest BCUT2D eigenvalue weighted by atomic mass is 16.7. The summed E-state index contributed by atoms with van der Waals surface area (Å²) in [7, 11) is 1.69. The maximum Gasteiger partial charge on any atom is 0.259 e. The Balaban J connectivity index is 1.12. The molecule has 10 heteroatoms. The molecule has 2 aromatic heterocycles. The van der Waals surface area contributed by atoms with Crippen molar-refractivity contribution in [3.05, 3.63) is 120 Å². The Bertz CT molecular complexity index is 1810. The largest absolute Gasteiger partial charge is 0.374 e. The topological polar surface area (TPSA) is 101 Å². The third-order valence-electron chi connectivity index (χ3n) is 9.16. The Morgan fingerprint density at radius 1 is 0.889 bits per heavy atom. The maximum atomic E-state index is 13.3. The van der Waals surface area contributed by atoms with Gasteiger partial charge in [-0.1, -0.05) is 78.9 Å². The lowest BCUT2D eigenvalue weighted by Crippen LogP contribution is -2.53. The fourth-order valence-electron chi connectivity index (χ4n) is 6.75. The van der Waals surface area contributed by atoms with E-state index in [4.69, 9.17) is 18.9 Å². The summed E-state index contributed by atoms with van der Waals surface area (Å²) in [4.78, 5) is 28.5. The first-order chi connectivity index (χ1) is 22.1. The fraction of sp³-hybridized carbons (Fsp3) is 0.314. The smallest absolute Gasteiger partial charge is 0.259 e. The van der Waals surface area contributed by atoms with Gasteiger partial charge in [0.05, 0.1) is 26.1 Å². The van der Waals surface area contributed by atoms with Crippen molar-refractivity contribution < 1.29 is 23.7 Å². The normalized spacial score (nSPS) is 24.3. The zero-order valence-electron chi connectivity index (χ0n) is 24.9. The summed E-state index contributed by atoms with van der Waals surface area (Å²) in [5, 5.41) is 0. The summed E-state index contributed by atoms with van der Waals surface area (Å²) in [6.45, 7) is 1.19. The number of carbonyl (C=O) groups excluding carboxylic acids is 1. The van der Waals surface area contributed by atoms with Crippen LogP contribution in [0.25, 0.3) is 11.2 Å². The van der Waals surface area contributed by atoms with Crippen molar-refractivity contribution in [1.29, 1.82) is 0 Å². The quantitative estimate of drug-likeness (QED) is 0.217. The molecule has 3 aliphatic rings. The molecule has 8 rings (SSSR count). The average molecular weight is 604 g/mol. The van der Waals surface area contributed by atoms with E-state index in [1.54, 1.807) is 25.5 Å². The van der Waals surface area contributed by atoms with Crippen molar-refractivity contribution >= 4 is 22.9 Å². The van der Waals surface area contributed by atoms with Crippen LogP contribution in [-0.4, -0.2) is 62.5 Å². The molecule has 10 nitrogen and oxygen atoms in total. The molecule has 3 unspecified atom stereocenters. The van der Waals surface area contributed by atoms with Crippen molar-refractivity contribution in [2.45, 2.75) is 55.7 Å². The van der Waals surface area contributed by atoms with E-state index in [1.165, 1.54) is 11.2 Å². The van der Waals surface area contributed by atoms with E-state index in [9.17, 15) is 4.79 Å². The molecule has 4 atom stereocenters. The number of ether oxygens (including phenoxy) is 4. The van der Waals surface area contributed by atoms with E-state index in [-0.39, 0.29) is 12.0 Å². The number of hydrogen-bond acceptors (Lipinski definition) is 8. The van der Waals surface area contributed by atoms with Gasteiger partial charge in [0.15, 0.2) is 28.8 Å². The molecule has 0 radical (unpaired) electrons. The molecule has 0 N–H and O–H groups in total. The molecule has 1 amide bonds. The first-order valence-corrected chi connectivity index (χ1v) is 15.2. The van der Waals surface area contributed by atoms with Gasteiger partial charge in [-0.05, 0) is 36.1 Å². The Morgan fingerprint density at radius 2 is 1.56 bits per heavy atom. The third kappa shape index (κ3) is 4.72. The summed E-state index contributed by atoms with van der Waals surface area (Å²) < 4.78 is 28.8. The van der Waals surface area contributed by atoms with Crippen LogP contribution in [0.2, 0.25) is 0 Å². The van der Waals surface area contributed by atoms with Gasteiger partial charge in [-0.3, -0.25) is 14.3 Å². The molecule has 1 aliphatic carbocycles. The first-order valence-electron chi connectivity index (χ1n) is 15.2. The molecule has 4 heterocycles. The summed E-state index contributed by atoms with van der Waals surface area (Å²) in [5.41, 5.74) is 2.46. The zero-order valence-corrected chi connectivity index (χ0v) is 24.9. The highest BCUT2D eigenvalue weighted by molar-refractivity contribution is 6.08. The summed E-state index contributed by atoms with van der Waals surface area (Å²) in [5.74, 6) is 0.220. The number of anilines is 1. The van der Waals surface area contributed by atoms with Gasteiger partial charge in [-0.15, -0.1) is 0 Å². The fourth-order valence-corrected chi connectivity index (χ4v) is 6.75. The molecule has 2 saturated heterocycles. The molecule has 3 fully saturated rings. The molecule has 3 aromatic carbocycles. The van der Waals surface area contributed by atoms with Crippen LogP contribution in [0.4, 0.5) is 5.82 Å². The van der Waals surface area contributed by atoms with Crippen LogP contribution in [0, 0.1) is 0 Å². The number of amides is 1. The van der Waals surface area contributed by atoms with Gasteiger partial charge < -0.3 is 18.9 Å². The number of aromatic nitrogens is 4. The first kappa shape index (κ1) is 28.0. The average Bonchev–Trinajstić information content (AvgIpc) is 3.53. The van der Waals surface area contributed by atoms with Crippen molar-refractivity contribution in [3.8, 4) is 0 Å². The standard InChI is InChI=1S/C35H33N5O5/c1-39(32(41)26-15-9-4-10-16-26)30-27-31(37-22-36-30)40(23-38-27)33-28-29(43-20-25-13-7-3-8-14-25)35(45-33,34(44-28)17-18-34)21-42-19-24-11-5-2-6-12-24/h2-16,22-23,28-29,33H,17-21H2,1H3/t28?,29?,33?,35-/m0/s1. The van der Waals surface area contributed by atoms with E-state index >= 15 is 0 Å². The lowest BCUT2D eigenvalue weighted by molar-refractivity contribution is -0.241. The number of carbonyl (C=O) groups is 1. The monoisotopic (exact) mass is 603 g/mol. The van der Waals surface area contributed by atoms with Crippen molar-refractivity contribution in [2.75, 3.05) is 18.6 Å². The Labute approximate surface area is 260 Å². The molecule has 228 valence electrons. The highest BCUT2D eigenvalue weighted by Gasteiger charge is 2.79. The zero-order chi connectivity index (χ0) is 30.4. The minimum Gasteiger partial charge on any atom is -0.374 e. The van der Waals surface area contributed by atoms with E-state index in [2.05, 4.69) is 39.2 Å². The second-order valence-corrected chi connectivity index (χ2v) is 11.9. The van der Waals surface area contributed by atoms with Crippen LogP contribution in [-0.2, 0) is 32.2 Å². The minimum atomic E-state index is -0.821. The van der Waals surface area contributed by atoms with Crippen LogP contribution < -0.4 is 4.90 Å². The number of hydrogen-bond donors (Lipinski definition) is 0. The summed E-state index contributed by atoms with van der Waals surface area (Å²) in [6, 6.07) is 29.3. The summed E-state index contributed by atoms with van der Waals surface area (Å²) >= 11 is 0. The molecular weight excluding hydrogens is 570 g/mol. The third-order valence-corrected chi connectivity index (χ3v) is 9.16. The lowest BCUT2D eigenvalue weighted by atomic mass is 9.91. The molecule has 45 heavy (non-hydrogen) atoms. The number of nitrogens with zero attached hydrogens (tertiary/aromatic N) is 5. The second kappa shape index (κ2) is 11.1. The Hall–Kier alpha value is -4.48. The molecule has 1 spiro atoms. The number of imidazole rings is 1. The second-order valence-electron chi connectivity index (χ2n) is 11.9. The van der Waals surface area contributed by atoms with Crippen LogP contribution >= 0.6 is 0 Å². The van der Waals surface area contributed by atoms with Crippen molar-refractivity contribution in [2.24, 2.45) is 0 Å². The van der Waals surface area contributed by atoms with Gasteiger partial charge in [-0.25, -0.2) is 15.0 Å². The Morgan fingerprint density at radius 3 is 2.24 bits per heavy atom. The van der Waals surface area contributed by atoms with E-state index < -0.39 is 23.5 Å². The predicted octanol–water partition coefficient (Wildman–Crippen LogP) is 5.10. The molecule has 2 aliphatic heterocycles. The molecule has 1 saturated carbocycles. The lowest BCUT2D eigenvalue weighted by Gasteiger charge is -2.38. The number of fused-ring (bicyclic) bond motifs is 4. The van der Waals surface area contributed by atoms with E-state index in [1.807, 2.05) is 59.2 Å². The van der Waals surface area contributed by atoms with E-state index in [0.29, 0.717) is 42.4 Å². The van der Waals surface area contributed by atoms with Gasteiger partial charge in [0.1, 0.15) is 24.1 Å².